The summed E-state index contributed by atoms with van der Waals surface area (Å²) in [5.41, 5.74) is 1.68. The van der Waals surface area contributed by atoms with Crippen LogP contribution in [0.5, 0.6) is 0 Å². The average Bonchev–Trinajstić information content (AvgIpc) is 2.60. The van der Waals surface area contributed by atoms with Gasteiger partial charge in [0.2, 0.25) is 5.17 Å². The van der Waals surface area contributed by atoms with Crippen molar-refractivity contribution in [3.8, 4) is 0 Å². The Bertz CT molecular complexity index is 637. The molecule has 1 aromatic rings. The van der Waals surface area contributed by atoms with E-state index in [4.69, 9.17) is 21.1 Å². The van der Waals surface area contributed by atoms with Crippen LogP contribution in [0.15, 0.2) is 65.0 Å². The number of esters is 1. The summed E-state index contributed by atoms with van der Waals surface area (Å²) in [5, 5.41) is 7.27. The van der Waals surface area contributed by atoms with Gasteiger partial charge in [0.25, 0.3) is 0 Å². The third-order valence-electron chi connectivity index (χ3n) is 2.80. The summed E-state index contributed by atoms with van der Waals surface area (Å²) in [6.07, 6.45) is 4.02. The van der Waals surface area contributed by atoms with E-state index in [0.717, 1.165) is 5.56 Å². The summed E-state index contributed by atoms with van der Waals surface area (Å²) >= 11 is 5.69. The molecule has 1 aromatic carbocycles. The molecule has 0 saturated heterocycles. The summed E-state index contributed by atoms with van der Waals surface area (Å²) in [6.45, 7) is 8.09. The Morgan fingerprint density at radius 3 is 2.50 bits per heavy atom. The second kappa shape index (κ2) is 11.2. The van der Waals surface area contributed by atoms with Gasteiger partial charge < -0.3 is 9.47 Å². The van der Waals surface area contributed by atoms with Crippen molar-refractivity contribution in [2.75, 3.05) is 6.61 Å². The van der Waals surface area contributed by atoms with Crippen LogP contribution in [0, 0.1) is 0 Å². The van der Waals surface area contributed by atoms with Crippen molar-refractivity contribution in [2.45, 2.75) is 26.9 Å². The van der Waals surface area contributed by atoms with Crippen LogP contribution in [-0.2, 0) is 20.9 Å². The molecule has 5 nitrogen and oxygen atoms in total. The minimum Gasteiger partial charge on any atom is -0.490 e. The topological polar surface area (TPSA) is 60.2 Å². The summed E-state index contributed by atoms with van der Waals surface area (Å²) < 4.78 is 10.3. The van der Waals surface area contributed by atoms with Gasteiger partial charge in [-0.1, -0.05) is 55.4 Å². The Morgan fingerprint density at radius 2 is 1.88 bits per heavy atom. The number of ether oxygens (including phenoxy) is 2. The highest BCUT2D eigenvalue weighted by molar-refractivity contribution is 6.82. The lowest BCUT2D eigenvalue weighted by Crippen LogP contribution is -2.11. The molecular weight excluding hydrogens is 328 g/mol. The maximum Gasteiger partial charge on any atom is 0.370 e. The molecule has 0 heterocycles. The summed E-state index contributed by atoms with van der Waals surface area (Å²) in [5.74, 6) is -0.196. The summed E-state index contributed by atoms with van der Waals surface area (Å²) in [4.78, 5) is 11.3. The van der Waals surface area contributed by atoms with Crippen LogP contribution in [0.3, 0.4) is 0 Å². The second-order valence-electron chi connectivity index (χ2n) is 4.63. The highest BCUT2D eigenvalue weighted by Gasteiger charge is 2.08. The summed E-state index contributed by atoms with van der Waals surface area (Å²) in [6, 6.07) is 9.79. The molecule has 128 valence electrons. The van der Waals surface area contributed by atoms with Gasteiger partial charge in [0.15, 0.2) is 0 Å². The molecule has 0 amide bonds. The number of carbonyl (C=O) groups excluding carboxylic acids is 1. The van der Waals surface area contributed by atoms with Gasteiger partial charge in [0, 0.05) is 0 Å². The van der Waals surface area contributed by atoms with E-state index in [1.807, 2.05) is 37.3 Å². The Labute approximate surface area is 147 Å². The molecule has 0 N–H and O–H groups in total. The fourth-order valence-corrected chi connectivity index (χ4v) is 1.64. The number of hydrogen-bond acceptors (Lipinski definition) is 5. The molecule has 0 atom stereocenters. The van der Waals surface area contributed by atoms with Gasteiger partial charge in [-0.2, -0.15) is 5.10 Å². The molecule has 0 aliphatic rings. The number of benzene rings is 1. The third kappa shape index (κ3) is 7.74. The van der Waals surface area contributed by atoms with E-state index < -0.39 is 5.97 Å². The van der Waals surface area contributed by atoms with E-state index in [1.54, 1.807) is 19.1 Å². The monoisotopic (exact) mass is 348 g/mol. The Balaban J connectivity index is 2.58. The van der Waals surface area contributed by atoms with Crippen molar-refractivity contribution < 1.29 is 14.3 Å². The molecule has 0 unspecified atom stereocenters. The van der Waals surface area contributed by atoms with Crippen molar-refractivity contribution in [2.24, 2.45) is 10.2 Å². The first kappa shape index (κ1) is 19.6. The van der Waals surface area contributed by atoms with Gasteiger partial charge in [-0.05, 0) is 31.1 Å². The fourth-order valence-electron chi connectivity index (χ4n) is 1.55. The van der Waals surface area contributed by atoms with Crippen LogP contribution in [-0.4, -0.2) is 23.5 Å². The van der Waals surface area contributed by atoms with Gasteiger partial charge >= 0.3 is 5.97 Å². The third-order valence-corrected chi connectivity index (χ3v) is 3.03. The molecule has 6 heteroatoms. The van der Waals surface area contributed by atoms with Crippen molar-refractivity contribution in [3.63, 3.8) is 0 Å². The van der Waals surface area contributed by atoms with Crippen molar-refractivity contribution in [3.05, 3.63) is 60.4 Å². The van der Waals surface area contributed by atoms with E-state index in [1.165, 1.54) is 0 Å². The van der Waals surface area contributed by atoms with Gasteiger partial charge in [-0.25, -0.2) is 4.79 Å². The molecule has 0 bridgehead atoms. The van der Waals surface area contributed by atoms with Crippen molar-refractivity contribution in [1.29, 1.82) is 0 Å². The molecule has 0 fully saturated rings. The second-order valence-corrected chi connectivity index (χ2v) is 4.99. The quantitative estimate of drug-likeness (QED) is 0.220. The molecular formula is C18H21ClN2O3. The molecule has 0 aliphatic carbocycles. The minimum absolute atomic E-state index is 0.230. The van der Waals surface area contributed by atoms with Gasteiger partial charge in [-0.15, -0.1) is 5.10 Å². The average molecular weight is 349 g/mol. The molecule has 0 saturated carbocycles. The summed E-state index contributed by atoms with van der Waals surface area (Å²) in [7, 11) is 0. The maximum atomic E-state index is 11.3. The Morgan fingerprint density at radius 1 is 1.17 bits per heavy atom. The van der Waals surface area contributed by atoms with Gasteiger partial charge in [-0.3, -0.25) is 0 Å². The molecule has 0 aliphatic heterocycles. The van der Waals surface area contributed by atoms with Crippen molar-refractivity contribution >= 4 is 28.5 Å². The zero-order chi connectivity index (χ0) is 17.8. The zero-order valence-corrected chi connectivity index (χ0v) is 14.6. The van der Waals surface area contributed by atoms with Gasteiger partial charge in [0.05, 0.1) is 12.3 Å². The minimum atomic E-state index is -0.696. The molecule has 24 heavy (non-hydrogen) atoms. The lowest BCUT2D eigenvalue weighted by molar-refractivity contribution is -0.134. The first-order valence-electron chi connectivity index (χ1n) is 7.57. The highest BCUT2D eigenvalue weighted by atomic mass is 35.5. The van der Waals surface area contributed by atoms with Crippen LogP contribution in [0.2, 0.25) is 0 Å². The smallest absolute Gasteiger partial charge is 0.370 e. The number of halogens is 1. The van der Waals surface area contributed by atoms with E-state index in [2.05, 4.69) is 16.8 Å². The van der Waals surface area contributed by atoms with Crippen LogP contribution in [0.25, 0.3) is 0 Å². The lowest BCUT2D eigenvalue weighted by atomic mass is 10.2. The SMILES string of the molecule is C=C(\C=C/C(CC)=N/N=C(/Cl)C(=O)OCC)OCc1ccccc1. The predicted molar refractivity (Wildman–Crippen MR) is 97.2 cm³/mol. The normalized spacial score (nSPS) is 12.3. The van der Waals surface area contributed by atoms with E-state index >= 15 is 0 Å². The molecule has 0 aromatic heterocycles. The van der Waals surface area contributed by atoms with E-state index in [9.17, 15) is 4.79 Å². The molecule has 0 radical (unpaired) electrons. The van der Waals surface area contributed by atoms with Crippen LogP contribution in [0.4, 0.5) is 0 Å². The lowest BCUT2D eigenvalue weighted by Gasteiger charge is -2.05. The maximum absolute atomic E-state index is 11.3. The standard InChI is InChI=1S/C18H21ClN2O3/c1-4-16(20-21-17(19)18(22)23-5-2)12-11-14(3)24-13-15-9-7-6-8-10-15/h6-12H,3-5,13H2,1-2H3/b12-11-,20-16+,21-17+. The first-order chi connectivity index (χ1) is 11.6. The molecule has 1 rings (SSSR count). The van der Waals surface area contributed by atoms with Crippen LogP contribution in [0.1, 0.15) is 25.8 Å². The fraction of sp³-hybridized carbons (Fsp3) is 0.278. The van der Waals surface area contributed by atoms with Crippen molar-refractivity contribution in [1.82, 2.24) is 0 Å². The van der Waals surface area contributed by atoms with E-state index in [-0.39, 0.29) is 11.8 Å². The first-order valence-corrected chi connectivity index (χ1v) is 7.95. The Hall–Kier alpha value is -2.40. The number of rotatable bonds is 9. The van der Waals surface area contributed by atoms with Crippen LogP contribution < -0.4 is 0 Å². The predicted octanol–water partition coefficient (Wildman–Crippen LogP) is 4.24. The number of nitrogens with zero attached hydrogens (tertiary/aromatic N) is 2. The number of hydrogen-bond donors (Lipinski definition) is 0. The molecule has 0 spiro atoms. The van der Waals surface area contributed by atoms with Gasteiger partial charge in [0.1, 0.15) is 12.4 Å². The zero-order valence-electron chi connectivity index (χ0n) is 13.9. The Kier molecular flexibility index (Phi) is 9.16. The van der Waals surface area contributed by atoms with Crippen LogP contribution >= 0.6 is 11.6 Å². The number of carbonyl (C=O) groups is 1. The number of allylic oxidation sites excluding steroid dienone is 2. The largest absolute Gasteiger partial charge is 0.490 e. The van der Waals surface area contributed by atoms with E-state index in [0.29, 0.717) is 24.5 Å². The highest BCUT2D eigenvalue weighted by Crippen LogP contribution is 2.06.